The molecule has 1 aliphatic rings. The minimum absolute atomic E-state index is 0.0326. The number of nitrogens with zero attached hydrogens (tertiary/aromatic N) is 1. The van der Waals surface area contributed by atoms with Gasteiger partial charge in [-0.05, 0) is 12.1 Å². The lowest BCUT2D eigenvalue weighted by Gasteiger charge is -2.14. The molecule has 0 aromatic heterocycles. The summed E-state index contributed by atoms with van der Waals surface area (Å²) >= 11 is 2.56. The van der Waals surface area contributed by atoms with Crippen LogP contribution in [0.3, 0.4) is 0 Å². The molecule has 0 aliphatic carbocycles. The first kappa shape index (κ1) is 16.7. The molecule has 1 fully saturated rings. The van der Waals surface area contributed by atoms with E-state index in [1.807, 2.05) is 18.2 Å². The fraction of sp³-hybridized carbons (Fsp3) is 0.357. The Labute approximate surface area is 137 Å². The highest BCUT2D eigenvalue weighted by Crippen LogP contribution is 2.26. The van der Waals surface area contributed by atoms with Crippen LogP contribution in [0.1, 0.15) is 6.42 Å². The molecule has 3 N–H and O–H groups in total. The summed E-state index contributed by atoms with van der Waals surface area (Å²) in [6, 6.07) is 7.24. The standard InChI is InChI=1S/C14H17N3O3S2/c15-12(18)9-22-11-4-2-1-3-10(11)16-13(19)5-6-17-7-8-21-14(17)20/h1-4H,5-9H2,(H2,15,18)(H,16,19). The number of carbonyl (C=O) groups excluding carboxylic acids is 3. The summed E-state index contributed by atoms with van der Waals surface area (Å²) in [4.78, 5) is 36.8. The number of para-hydroxylation sites is 1. The quantitative estimate of drug-likeness (QED) is 0.739. The Morgan fingerprint density at radius 3 is 2.82 bits per heavy atom. The molecule has 22 heavy (non-hydrogen) atoms. The molecule has 1 saturated heterocycles. The number of rotatable bonds is 7. The largest absolute Gasteiger partial charge is 0.369 e. The zero-order valence-electron chi connectivity index (χ0n) is 11.9. The summed E-state index contributed by atoms with van der Waals surface area (Å²) < 4.78 is 0. The van der Waals surface area contributed by atoms with Gasteiger partial charge < -0.3 is 16.0 Å². The van der Waals surface area contributed by atoms with Gasteiger partial charge in [0, 0.05) is 30.2 Å². The van der Waals surface area contributed by atoms with Gasteiger partial charge in [0.1, 0.15) is 0 Å². The van der Waals surface area contributed by atoms with Gasteiger partial charge >= 0.3 is 0 Å². The van der Waals surface area contributed by atoms with Crippen LogP contribution in [0, 0.1) is 0 Å². The van der Waals surface area contributed by atoms with Crippen molar-refractivity contribution in [1.82, 2.24) is 4.90 Å². The Morgan fingerprint density at radius 1 is 1.36 bits per heavy atom. The van der Waals surface area contributed by atoms with Crippen LogP contribution in [-0.4, -0.2) is 46.5 Å². The van der Waals surface area contributed by atoms with Gasteiger partial charge in [-0.2, -0.15) is 0 Å². The molecule has 118 valence electrons. The van der Waals surface area contributed by atoms with Crippen molar-refractivity contribution in [1.29, 1.82) is 0 Å². The van der Waals surface area contributed by atoms with E-state index in [0.717, 1.165) is 10.6 Å². The average molecular weight is 339 g/mol. The maximum Gasteiger partial charge on any atom is 0.281 e. The van der Waals surface area contributed by atoms with Gasteiger partial charge in [-0.25, -0.2) is 0 Å². The Hall–Kier alpha value is -1.67. The van der Waals surface area contributed by atoms with Crippen LogP contribution in [0.15, 0.2) is 29.2 Å². The van der Waals surface area contributed by atoms with E-state index in [9.17, 15) is 14.4 Å². The number of hydrogen-bond acceptors (Lipinski definition) is 5. The normalized spacial score (nSPS) is 14.2. The molecule has 1 aliphatic heterocycles. The van der Waals surface area contributed by atoms with Gasteiger partial charge in [0.25, 0.3) is 5.24 Å². The Bertz CT molecular complexity index is 580. The van der Waals surface area contributed by atoms with Crippen LogP contribution in [-0.2, 0) is 9.59 Å². The van der Waals surface area contributed by atoms with E-state index in [4.69, 9.17) is 5.73 Å². The summed E-state index contributed by atoms with van der Waals surface area (Å²) in [6.07, 6.45) is 0.251. The molecule has 3 amide bonds. The molecular formula is C14H17N3O3S2. The fourth-order valence-electron chi connectivity index (χ4n) is 1.92. The van der Waals surface area contributed by atoms with Crippen LogP contribution in [0.25, 0.3) is 0 Å². The Kier molecular flexibility index (Phi) is 6.14. The molecule has 0 atom stereocenters. The minimum atomic E-state index is -0.406. The van der Waals surface area contributed by atoms with Crippen molar-refractivity contribution >= 4 is 46.3 Å². The lowest BCUT2D eigenvalue weighted by molar-refractivity contribution is -0.116. The third-order valence-corrected chi connectivity index (χ3v) is 4.97. The van der Waals surface area contributed by atoms with Crippen molar-refractivity contribution in [3.05, 3.63) is 24.3 Å². The van der Waals surface area contributed by atoms with E-state index in [1.54, 1.807) is 11.0 Å². The molecule has 1 aromatic rings. The highest BCUT2D eigenvalue weighted by molar-refractivity contribution is 8.13. The van der Waals surface area contributed by atoms with E-state index in [2.05, 4.69) is 5.32 Å². The van der Waals surface area contributed by atoms with Crippen molar-refractivity contribution in [3.63, 3.8) is 0 Å². The predicted octanol–water partition coefficient (Wildman–Crippen LogP) is 1.76. The van der Waals surface area contributed by atoms with E-state index in [1.165, 1.54) is 23.5 Å². The highest BCUT2D eigenvalue weighted by atomic mass is 32.2. The van der Waals surface area contributed by atoms with E-state index in [0.29, 0.717) is 18.8 Å². The van der Waals surface area contributed by atoms with Crippen LogP contribution < -0.4 is 11.1 Å². The molecule has 0 radical (unpaired) electrons. The number of nitrogens with one attached hydrogen (secondary N) is 1. The predicted molar refractivity (Wildman–Crippen MR) is 89.0 cm³/mol. The highest BCUT2D eigenvalue weighted by Gasteiger charge is 2.21. The molecule has 1 aromatic carbocycles. The Balaban J connectivity index is 1.88. The second-order valence-electron chi connectivity index (χ2n) is 4.65. The number of primary amides is 1. The third-order valence-electron chi connectivity index (χ3n) is 2.98. The number of thioether (sulfide) groups is 2. The van der Waals surface area contributed by atoms with Crippen molar-refractivity contribution in [2.24, 2.45) is 5.73 Å². The van der Waals surface area contributed by atoms with Crippen LogP contribution in [0.5, 0.6) is 0 Å². The number of amides is 3. The van der Waals surface area contributed by atoms with E-state index < -0.39 is 5.91 Å². The summed E-state index contributed by atoms with van der Waals surface area (Å²) in [5.74, 6) is 0.382. The van der Waals surface area contributed by atoms with Crippen LogP contribution in [0.4, 0.5) is 10.5 Å². The fourth-order valence-corrected chi connectivity index (χ4v) is 3.52. The maximum absolute atomic E-state index is 12.0. The number of nitrogens with two attached hydrogens (primary N) is 1. The first-order valence-electron chi connectivity index (χ1n) is 6.78. The van der Waals surface area contributed by atoms with Crippen molar-refractivity contribution in [2.75, 3.05) is 29.9 Å². The van der Waals surface area contributed by atoms with Gasteiger partial charge in [0.05, 0.1) is 11.4 Å². The zero-order chi connectivity index (χ0) is 15.9. The van der Waals surface area contributed by atoms with Gasteiger partial charge in [0.2, 0.25) is 11.8 Å². The summed E-state index contributed by atoms with van der Waals surface area (Å²) in [7, 11) is 0. The number of carbonyl (C=O) groups is 3. The van der Waals surface area contributed by atoms with Crippen molar-refractivity contribution in [3.8, 4) is 0 Å². The molecule has 1 heterocycles. The average Bonchev–Trinajstić information content (AvgIpc) is 2.89. The number of benzene rings is 1. The molecule has 0 spiro atoms. The molecule has 6 nitrogen and oxygen atoms in total. The first-order chi connectivity index (χ1) is 10.6. The van der Waals surface area contributed by atoms with E-state index in [-0.39, 0.29) is 23.3 Å². The molecule has 0 unspecified atom stereocenters. The molecule has 8 heteroatoms. The lowest BCUT2D eigenvalue weighted by atomic mass is 10.3. The number of anilines is 1. The summed E-state index contributed by atoms with van der Waals surface area (Å²) in [5, 5.41) is 2.85. The van der Waals surface area contributed by atoms with Crippen LogP contribution in [0.2, 0.25) is 0 Å². The second kappa shape index (κ2) is 8.09. The lowest BCUT2D eigenvalue weighted by Crippen LogP contribution is -2.27. The first-order valence-corrected chi connectivity index (χ1v) is 8.75. The number of hydrogen-bond donors (Lipinski definition) is 2. The second-order valence-corrected chi connectivity index (χ2v) is 6.71. The van der Waals surface area contributed by atoms with Crippen molar-refractivity contribution in [2.45, 2.75) is 11.3 Å². The zero-order valence-corrected chi connectivity index (χ0v) is 13.5. The molecule has 0 bridgehead atoms. The van der Waals surface area contributed by atoms with Gasteiger partial charge in [-0.15, -0.1) is 11.8 Å². The molecule has 2 rings (SSSR count). The summed E-state index contributed by atoms with van der Waals surface area (Å²) in [6.45, 7) is 1.12. The van der Waals surface area contributed by atoms with Crippen molar-refractivity contribution < 1.29 is 14.4 Å². The van der Waals surface area contributed by atoms with E-state index >= 15 is 0 Å². The topological polar surface area (TPSA) is 92.5 Å². The SMILES string of the molecule is NC(=O)CSc1ccccc1NC(=O)CCN1CCSC1=O. The Morgan fingerprint density at radius 2 is 2.14 bits per heavy atom. The monoisotopic (exact) mass is 339 g/mol. The van der Waals surface area contributed by atoms with Gasteiger partial charge in [0.15, 0.2) is 0 Å². The summed E-state index contributed by atoms with van der Waals surface area (Å²) in [5.41, 5.74) is 5.79. The maximum atomic E-state index is 12.0. The minimum Gasteiger partial charge on any atom is -0.369 e. The van der Waals surface area contributed by atoms with Gasteiger partial charge in [-0.1, -0.05) is 23.9 Å². The third kappa shape index (κ3) is 4.96. The smallest absolute Gasteiger partial charge is 0.281 e. The molecular weight excluding hydrogens is 322 g/mol. The van der Waals surface area contributed by atoms with Gasteiger partial charge in [-0.3, -0.25) is 14.4 Å². The van der Waals surface area contributed by atoms with Crippen LogP contribution >= 0.6 is 23.5 Å². The molecule has 0 saturated carbocycles.